The molecule has 0 saturated carbocycles. The van der Waals surface area contributed by atoms with Crippen LogP contribution in [-0.2, 0) is 10.0 Å². The van der Waals surface area contributed by atoms with Gasteiger partial charge in [-0.25, -0.2) is 17.4 Å². The molecule has 0 fully saturated rings. The average Bonchev–Trinajstić information content (AvgIpc) is 3.37. The summed E-state index contributed by atoms with van der Waals surface area (Å²) in [6.07, 6.45) is 0. The molecule has 0 saturated heterocycles. The Morgan fingerprint density at radius 1 is 0.900 bits per heavy atom. The minimum absolute atomic E-state index is 0.211. The maximum Gasteiger partial charge on any atom is 0.277 e. The standard InChI is InChI=1S/C22H15N3O3S2/c23-21(26)22-24-18(13-29-22)14-10-11-17-16-8-4-5-9-19(16)25(20(17)12-14)30(27,28)15-6-2-1-3-7-15/h1-13H,(H2,23,26). The van der Waals surface area contributed by atoms with Gasteiger partial charge in [-0.15, -0.1) is 11.3 Å². The van der Waals surface area contributed by atoms with Crippen LogP contribution in [-0.4, -0.2) is 23.3 Å². The highest BCUT2D eigenvalue weighted by Gasteiger charge is 2.23. The van der Waals surface area contributed by atoms with Gasteiger partial charge in [0.1, 0.15) is 0 Å². The molecule has 0 unspecified atom stereocenters. The van der Waals surface area contributed by atoms with Gasteiger partial charge in [-0.2, -0.15) is 0 Å². The second kappa shape index (κ2) is 6.79. The van der Waals surface area contributed by atoms with E-state index in [1.807, 2.05) is 30.3 Å². The molecule has 0 aliphatic rings. The van der Waals surface area contributed by atoms with E-state index in [1.54, 1.807) is 47.8 Å². The van der Waals surface area contributed by atoms with Crippen LogP contribution in [0.5, 0.6) is 0 Å². The lowest BCUT2D eigenvalue weighted by atomic mass is 10.1. The molecule has 0 aliphatic heterocycles. The SMILES string of the molecule is NC(=O)c1nc(-c2ccc3c4ccccc4n(S(=O)(=O)c4ccccc4)c3c2)cs1. The summed E-state index contributed by atoms with van der Waals surface area (Å²) in [7, 11) is -3.83. The van der Waals surface area contributed by atoms with Crippen LogP contribution in [0, 0.1) is 0 Å². The number of carbonyl (C=O) groups is 1. The number of amides is 1. The first-order valence-electron chi connectivity index (χ1n) is 9.06. The van der Waals surface area contributed by atoms with Crippen LogP contribution in [0.25, 0.3) is 33.1 Å². The van der Waals surface area contributed by atoms with Crippen LogP contribution in [0.4, 0.5) is 0 Å². The van der Waals surface area contributed by atoms with E-state index in [0.29, 0.717) is 22.3 Å². The summed E-state index contributed by atoms with van der Waals surface area (Å²) in [5, 5.41) is 3.61. The van der Waals surface area contributed by atoms with E-state index in [-0.39, 0.29) is 9.90 Å². The molecule has 2 N–H and O–H groups in total. The molecule has 2 aromatic heterocycles. The molecule has 30 heavy (non-hydrogen) atoms. The summed E-state index contributed by atoms with van der Waals surface area (Å²) in [5.41, 5.74) is 7.75. The number of rotatable bonds is 4. The fourth-order valence-corrected chi connectivity index (χ4v) is 5.79. The summed E-state index contributed by atoms with van der Waals surface area (Å²) < 4.78 is 28.5. The van der Waals surface area contributed by atoms with Crippen LogP contribution >= 0.6 is 11.3 Å². The number of hydrogen-bond donors (Lipinski definition) is 1. The maximum atomic E-state index is 13.6. The van der Waals surface area contributed by atoms with Crippen molar-refractivity contribution in [1.82, 2.24) is 8.96 Å². The Morgan fingerprint density at radius 2 is 1.60 bits per heavy atom. The molecule has 3 aromatic carbocycles. The fraction of sp³-hybridized carbons (Fsp3) is 0. The molecule has 6 nitrogen and oxygen atoms in total. The number of fused-ring (bicyclic) bond motifs is 3. The van der Waals surface area contributed by atoms with Gasteiger partial charge in [0.25, 0.3) is 15.9 Å². The Balaban J connectivity index is 1.82. The number of nitrogens with zero attached hydrogens (tertiary/aromatic N) is 2. The first-order valence-corrected chi connectivity index (χ1v) is 11.4. The van der Waals surface area contributed by atoms with E-state index in [1.165, 1.54) is 3.97 Å². The van der Waals surface area contributed by atoms with Crippen molar-refractivity contribution in [1.29, 1.82) is 0 Å². The second-order valence-electron chi connectivity index (χ2n) is 6.73. The zero-order valence-electron chi connectivity index (χ0n) is 15.5. The number of hydrogen-bond acceptors (Lipinski definition) is 5. The fourth-order valence-electron chi connectivity index (χ4n) is 3.57. The van der Waals surface area contributed by atoms with E-state index in [0.717, 1.165) is 22.1 Å². The third-order valence-corrected chi connectivity index (χ3v) is 7.52. The summed E-state index contributed by atoms with van der Waals surface area (Å²) in [6.45, 7) is 0. The molecular formula is C22H15N3O3S2. The molecule has 5 rings (SSSR count). The van der Waals surface area contributed by atoms with Gasteiger partial charge in [-0.1, -0.05) is 48.5 Å². The van der Waals surface area contributed by atoms with Gasteiger partial charge in [0.15, 0.2) is 5.01 Å². The smallest absolute Gasteiger partial charge is 0.277 e. The molecule has 0 radical (unpaired) electrons. The molecule has 2 heterocycles. The summed E-state index contributed by atoms with van der Waals surface area (Å²) in [4.78, 5) is 15.9. The van der Waals surface area contributed by atoms with Crippen molar-refractivity contribution in [3.63, 3.8) is 0 Å². The highest BCUT2D eigenvalue weighted by molar-refractivity contribution is 7.90. The van der Waals surface area contributed by atoms with Gasteiger partial charge in [0, 0.05) is 21.7 Å². The van der Waals surface area contributed by atoms with Crippen LogP contribution < -0.4 is 5.73 Å². The van der Waals surface area contributed by atoms with Gasteiger partial charge in [0.2, 0.25) is 0 Å². The molecule has 0 bridgehead atoms. The number of primary amides is 1. The summed E-state index contributed by atoms with van der Waals surface area (Å²) >= 11 is 1.16. The molecule has 0 aliphatic carbocycles. The highest BCUT2D eigenvalue weighted by atomic mass is 32.2. The van der Waals surface area contributed by atoms with E-state index >= 15 is 0 Å². The van der Waals surface area contributed by atoms with Crippen LogP contribution in [0.1, 0.15) is 9.80 Å². The molecule has 1 amide bonds. The normalized spacial score (nSPS) is 11.9. The number of carbonyl (C=O) groups excluding carboxylic acids is 1. The number of nitrogens with two attached hydrogens (primary N) is 1. The van der Waals surface area contributed by atoms with Crippen LogP contribution in [0.15, 0.2) is 83.1 Å². The average molecular weight is 434 g/mol. The predicted octanol–water partition coefficient (Wildman–Crippen LogP) is 4.25. The zero-order chi connectivity index (χ0) is 20.9. The van der Waals surface area contributed by atoms with E-state index in [4.69, 9.17) is 5.73 Å². The largest absolute Gasteiger partial charge is 0.364 e. The minimum Gasteiger partial charge on any atom is -0.364 e. The Labute approximate surface area is 176 Å². The topological polar surface area (TPSA) is 95.1 Å². The molecule has 8 heteroatoms. The van der Waals surface area contributed by atoms with Gasteiger partial charge in [0.05, 0.1) is 21.6 Å². The van der Waals surface area contributed by atoms with Gasteiger partial charge >= 0.3 is 0 Å². The third-order valence-electron chi connectivity index (χ3n) is 4.92. The summed E-state index contributed by atoms with van der Waals surface area (Å²) in [5.74, 6) is -0.590. The van der Waals surface area contributed by atoms with Crippen molar-refractivity contribution in [3.05, 3.63) is 83.2 Å². The van der Waals surface area contributed by atoms with Crippen molar-refractivity contribution < 1.29 is 13.2 Å². The lowest BCUT2D eigenvalue weighted by molar-refractivity contribution is 0.1000. The number of benzene rings is 3. The number of thiazole rings is 1. The highest BCUT2D eigenvalue weighted by Crippen LogP contribution is 2.35. The van der Waals surface area contributed by atoms with Crippen LogP contribution in [0.2, 0.25) is 0 Å². The monoisotopic (exact) mass is 433 g/mol. The molecular weight excluding hydrogens is 418 g/mol. The lowest BCUT2D eigenvalue weighted by Crippen LogP contribution is -2.12. The quantitative estimate of drug-likeness (QED) is 0.458. The third kappa shape index (κ3) is 2.80. The van der Waals surface area contributed by atoms with E-state index in [9.17, 15) is 13.2 Å². The van der Waals surface area contributed by atoms with Gasteiger partial charge < -0.3 is 5.73 Å². The maximum absolute atomic E-state index is 13.6. The van der Waals surface area contributed by atoms with Crippen LogP contribution in [0.3, 0.4) is 0 Å². The second-order valence-corrected chi connectivity index (χ2v) is 9.38. The van der Waals surface area contributed by atoms with Crippen molar-refractivity contribution in [2.75, 3.05) is 0 Å². The van der Waals surface area contributed by atoms with Crippen molar-refractivity contribution in [2.45, 2.75) is 4.90 Å². The number of para-hydroxylation sites is 1. The van der Waals surface area contributed by atoms with Crippen molar-refractivity contribution in [3.8, 4) is 11.3 Å². The zero-order valence-corrected chi connectivity index (χ0v) is 17.2. The first kappa shape index (κ1) is 18.5. The van der Waals surface area contributed by atoms with E-state index < -0.39 is 15.9 Å². The van der Waals surface area contributed by atoms with Gasteiger partial charge in [-0.05, 0) is 24.3 Å². The minimum atomic E-state index is -3.83. The Morgan fingerprint density at radius 3 is 2.33 bits per heavy atom. The Kier molecular flexibility index (Phi) is 4.19. The molecule has 148 valence electrons. The lowest BCUT2D eigenvalue weighted by Gasteiger charge is -2.09. The van der Waals surface area contributed by atoms with Gasteiger partial charge in [-0.3, -0.25) is 4.79 Å². The predicted molar refractivity (Wildman–Crippen MR) is 118 cm³/mol. The molecule has 0 spiro atoms. The van der Waals surface area contributed by atoms with Crippen molar-refractivity contribution >= 4 is 49.1 Å². The summed E-state index contributed by atoms with van der Waals surface area (Å²) in [6, 6.07) is 21.3. The molecule has 5 aromatic rings. The Hall–Kier alpha value is -3.49. The van der Waals surface area contributed by atoms with E-state index in [2.05, 4.69) is 4.98 Å². The first-order chi connectivity index (χ1) is 14.5. The molecule has 0 atom stereocenters. The van der Waals surface area contributed by atoms with Crippen molar-refractivity contribution in [2.24, 2.45) is 5.73 Å². The number of aromatic nitrogens is 2. The Bertz CT molecular complexity index is 1530.